The summed E-state index contributed by atoms with van der Waals surface area (Å²) in [6, 6.07) is 9.67. The highest BCUT2D eigenvalue weighted by molar-refractivity contribution is 9.10. The SMILES string of the molecule is O=C(CSC1=Nc2ccccc2CS1)Nc1c(F)cc(F)cc1Br. The van der Waals surface area contributed by atoms with E-state index in [-0.39, 0.29) is 21.8 Å². The number of nitrogens with one attached hydrogen (secondary N) is 1. The van der Waals surface area contributed by atoms with Crippen molar-refractivity contribution in [3.05, 3.63) is 58.1 Å². The van der Waals surface area contributed by atoms with Crippen LogP contribution in [0.1, 0.15) is 5.56 Å². The van der Waals surface area contributed by atoms with Gasteiger partial charge in [0.25, 0.3) is 0 Å². The van der Waals surface area contributed by atoms with E-state index in [0.717, 1.165) is 33.5 Å². The fourth-order valence-corrected chi connectivity index (χ4v) is 4.42. The molecule has 0 aliphatic carbocycles. The van der Waals surface area contributed by atoms with Crippen molar-refractivity contribution < 1.29 is 13.6 Å². The zero-order valence-electron chi connectivity index (χ0n) is 12.2. The van der Waals surface area contributed by atoms with Crippen LogP contribution in [-0.4, -0.2) is 16.0 Å². The van der Waals surface area contributed by atoms with E-state index >= 15 is 0 Å². The molecule has 1 aliphatic heterocycles. The normalized spacial score (nSPS) is 13.2. The standard InChI is InChI=1S/C16H11BrF2N2OS2/c17-11-5-10(18)6-12(19)15(11)21-14(22)8-24-16-20-13-4-2-1-3-9(13)7-23-16/h1-6H,7-8H2,(H,21,22). The summed E-state index contributed by atoms with van der Waals surface area (Å²) in [5.74, 6) is -1.01. The summed E-state index contributed by atoms with van der Waals surface area (Å²) in [7, 11) is 0. The van der Waals surface area contributed by atoms with Crippen molar-refractivity contribution in [2.24, 2.45) is 4.99 Å². The van der Waals surface area contributed by atoms with Crippen molar-refractivity contribution in [2.45, 2.75) is 5.75 Å². The molecule has 0 saturated carbocycles. The van der Waals surface area contributed by atoms with Crippen molar-refractivity contribution >= 4 is 61.1 Å². The van der Waals surface area contributed by atoms with Gasteiger partial charge in [-0.15, -0.1) is 0 Å². The molecule has 3 rings (SSSR count). The summed E-state index contributed by atoms with van der Waals surface area (Å²) in [6.07, 6.45) is 0. The Balaban J connectivity index is 1.62. The Morgan fingerprint density at radius 1 is 1.33 bits per heavy atom. The summed E-state index contributed by atoms with van der Waals surface area (Å²) in [5, 5.41) is 2.45. The Morgan fingerprint density at radius 2 is 2.12 bits per heavy atom. The van der Waals surface area contributed by atoms with Crippen LogP contribution in [-0.2, 0) is 10.5 Å². The van der Waals surface area contributed by atoms with Crippen molar-refractivity contribution in [1.29, 1.82) is 0 Å². The fourth-order valence-electron chi connectivity index (χ4n) is 2.05. The molecule has 0 aromatic heterocycles. The number of hydrogen-bond acceptors (Lipinski definition) is 4. The van der Waals surface area contributed by atoms with Gasteiger partial charge in [0.2, 0.25) is 5.91 Å². The quantitative estimate of drug-likeness (QED) is 0.717. The van der Waals surface area contributed by atoms with Crippen molar-refractivity contribution in [2.75, 3.05) is 11.1 Å². The lowest BCUT2D eigenvalue weighted by molar-refractivity contribution is -0.113. The molecule has 0 spiro atoms. The lowest BCUT2D eigenvalue weighted by Gasteiger charge is -2.14. The van der Waals surface area contributed by atoms with Gasteiger partial charge in [0, 0.05) is 16.3 Å². The van der Waals surface area contributed by atoms with E-state index in [1.54, 1.807) is 11.8 Å². The van der Waals surface area contributed by atoms with Crippen LogP contribution >= 0.6 is 39.5 Å². The van der Waals surface area contributed by atoms with Crippen LogP contribution in [0.25, 0.3) is 0 Å². The van der Waals surface area contributed by atoms with E-state index < -0.39 is 11.6 Å². The third-order valence-electron chi connectivity index (χ3n) is 3.15. The van der Waals surface area contributed by atoms with E-state index in [0.29, 0.717) is 0 Å². The van der Waals surface area contributed by atoms with Crippen LogP contribution in [0, 0.1) is 11.6 Å². The number of carbonyl (C=O) groups excluding carboxylic acids is 1. The molecular weight excluding hydrogens is 418 g/mol. The summed E-state index contributed by atoms with van der Waals surface area (Å²) in [6.45, 7) is 0. The Kier molecular flexibility index (Phi) is 5.57. The number of carbonyl (C=O) groups is 1. The number of hydrogen-bond donors (Lipinski definition) is 1. The fraction of sp³-hybridized carbons (Fsp3) is 0.125. The van der Waals surface area contributed by atoms with Crippen molar-refractivity contribution in [3.8, 4) is 0 Å². The van der Waals surface area contributed by atoms with Crippen LogP contribution in [0.5, 0.6) is 0 Å². The second-order valence-electron chi connectivity index (χ2n) is 4.88. The van der Waals surface area contributed by atoms with Gasteiger partial charge in [-0.1, -0.05) is 41.7 Å². The molecule has 0 bridgehead atoms. The van der Waals surface area contributed by atoms with Gasteiger partial charge < -0.3 is 5.32 Å². The van der Waals surface area contributed by atoms with Crippen LogP contribution in [0.3, 0.4) is 0 Å². The van der Waals surface area contributed by atoms with Gasteiger partial charge in [-0.3, -0.25) is 4.79 Å². The Hall–Kier alpha value is -1.38. The molecule has 0 unspecified atom stereocenters. The summed E-state index contributed by atoms with van der Waals surface area (Å²) in [5.41, 5.74) is 2.01. The predicted octanol–water partition coefficient (Wildman–Crippen LogP) is 5.33. The maximum Gasteiger partial charge on any atom is 0.234 e. The molecule has 2 aromatic carbocycles. The van der Waals surface area contributed by atoms with Crippen molar-refractivity contribution in [3.63, 3.8) is 0 Å². The average Bonchev–Trinajstić information content (AvgIpc) is 2.56. The molecule has 1 aliphatic rings. The number of benzene rings is 2. The lowest BCUT2D eigenvalue weighted by Crippen LogP contribution is -2.16. The molecule has 0 saturated heterocycles. The maximum atomic E-state index is 13.7. The molecule has 2 aromatic rings. The maximum absolute atomic E-state index is 13.7. The largest absolute Gasteiger partial charge is 0.322 e. The molecule has 1 amide bonds. The minimum absolute atomic E-state index is 0.0643. The number of fused-ring (bicyclic) bond motifs is 1. The van der Waals surface area contributed by atoms with Crippen LogP contribution < -0.4 is 5.32 Å². The highest BCUT2D eigenvalue weighted by atomic mass is 79.9. The molecule has 8 heteroatoms. The smallest absolute Gasteiger partial charge is 0.234 e. The number of thioether (sulfide) groups is 2. The monoisotopic (exact) mass is 428 g/mol. The number of nitrogens with zero attached hydrogens (tertiary/aromatic N) is 1. The number of halogens is 3. The molecule has 1 N–H and O–H groups in total. The number of aliphatic imine (C=N–C) groups is 1. The topological polar surface area (TPSA) is 41.5 Å². The first-order valence-corrected chi connectivity index (χ1v) is 9.66. The Labute approximate surface area is 154 Å². The Bertz CT molecular complexity index is 806. The van der Waals surface area contributed by atoms with Gasteiger partial charge in [-0.2, -0.15) is 0 Å². The summed E-state index contributed by atoms with van der Waals surface area (Å²) < 4.78 is 27.7. The molecule has 0 fully saturated rings. The minimum Gasteiger partial charge on any atom is -0.322 e. The van der Waals surface area contributed by atoms with Gasteiger partial charge in [-0.05, 0) is 33.6 Å². The average molecular weight is 429 g/mol. The van der Waals surface area contributed by atoms with E-state index in [2.05, 4.69) is 26.2 Å². The highest BCUT2D eigenvalue weighted by Gasteiger charge is 2.16. The van der Waals surface area contributed by atoms with Gasteiger partial charge in [-0.25, -0.2) is 13.8 Å². The van der Waals surface area contributed by atoms with Gasteiger partial charge >= 0.3 is 0 Å². The first-order valence-electron chi connectivity index (χ1n) is 6.89. The molecule has 124 valence electrons. The minimum atomic E-state index is -0.821. The predicted molar refractivity (Wildman–Crippen MR) is 100.0 cm³/mol. The van der Waals surface area contributed by atoms with Gasteiger partial charge in [0.1, 0.15) is 10.2 Å². The van der Waals surface area contributed by atoms with Crippen molar-refractivity contribution in [1.82, 2.24) is 0 Å². The van der Waals surface area contributed by atoms with E-state index in [1.807, 2.05) is 24.3 Å². The second kappa shape index (κ2) is 7.67. The third kappa shape index (κ3) is 4.17. The first-order chi connectivity index (χ1) is 11.5. The molecule has 0 atom stereocenters. The second-order valence-corrected chi connectivity index (χ2v) is 7.92. The van der Waals surface area contributed by atoms with Gasteiger partial charge in [0.15, 0.2) is 5.82 Å². The molecule has 0 radical (unpaired) electrons. The number of para-hydroxylation sites is 1. The van der Waals surface area contributed by atoms with Crippen LogP contribution in [0.2, 0.25) is 0 Å². The number of amides is 1. The Morgan fingerprint density at radius 3 is 2.92 bits per heavy atom. The molecular formula is C16H11BrF2N2OS2. The zero-order valence-corrected chi connectivity index (χ0v) is 15.4. The molecule has 24 heavy (non-hydrogen) atoms. The summed E-state index contributed by atoms with van der Waals surface area (Å²) >= 11 is 5.90. The first kappa shape index (κ1) is 17.4. The molecule has 3 nitrogen and oxygen atoms in total. The third-order valence-corrected chi connectivity index (χ3v) is 6.02. The lowest BCUT2D eigenvalue weighted by atomic mass is 10.2. The number of rotatable bonds is 3. The van der Waals surface area contributed by atoms with E-state index in [1.165, 1.54) is 11.8 Å². The molecule has 1 heterocycles. The summed E-state index contributed by atoms with van der Waals surface area (Å²) in [4.78, 5) is 16.5. The highest BCUT2D eigenvalue weighted by Crippen LogP contribution is 2.34. The van der Waals surface area contributed by atoms with Crippen LogP contribution in [0.15, 0.2) is 45.9 Å². The van der Waals surface area contributed by atoms with E-state index in [4.69, 9.17) is 0 Å². The van der Waals surface area contributed by atoms with E-state index in [9.17, 15) is 13.6 Å². The number of anilines is 1. The zero-order chi connectivity index (χ0) is 17.1. The van der Waals surface area contributed by atoms with Gasteiger partial charge in [0.05, 0.1) is 17.1 Å². The van der Waals surface area contributed by atoms with Crippen LogP contribution in [0.4, 0.5) is 20.2 Å².